The zero-order valence-electron chi connectivity index (χ0n) is 15.0. The van der Waals surface area contributed by atoms with Gasteiger partial charge in [0.25, 0.3) is 5.91 Å². The molecule has 2 aromatic carbocycles. The van der Waals surface area contributed by atoms with E-state index >= 15 is 0 Å². The number of hydrogen-bond acceptors (Lipinski definition) is 4. The molecule has 0 aromatic heterocycles. The Kier molecular flexibility index (Phi) is 7.54. The van der Waals surface area contributed by atoms with E-state index in [9.17, 15) is 4.79 Å². The van der Waals surface area contributed by atoms with Crippen molar-refractivity contribution in [1.29, 1.82) is 0 Å². The Morgan fingerprint density at radius 3 is 2.36 bits per heavy atom. The number of carbonyl (C=O) groups is 1. The van der Waals surface area contributed by atoms with Crippen LogP contribution >= 0.6 is 11.8 Å². The van der Waals surface area contributed by atoms with Gasteiger partial charge in [0.05, 0.1) is 11.5 Å². The molecule has 1 N–H and O–H groups in total. The molecule has 25 heavy (non-hydrogen) atoms. The van der Waals surface area contributed by atoms with Crippen LogP contribution in [-0.2, 0) is 4.79 Å². The summed E-state index contributed by atoms with van der Waals surface area (Å²) in [5, 5.41) is 3.86. The average molecular weight is 356 g/mol. The first-order chi connectivity index (χ1) is 12.1. The van der Waals surface area contributed by atoms with Gasteiger partial charge in [-0.05, 0) is 50.6 Å². The van der Waals surface area contributed by atoms with Gasteiger partial charge in [0.15, 0.2) is 0 Å². The lowest BCUT2D eigenvalue weighted by atomic mass is 10.2. The molecule has 0 heterocycles. The zero-order valence-corrected chi connectivity index (χ0v) is 15.8. The summed E-state index contributed by atoms with van der Waals surface area (Å²) >= 11 is 1.52. The van der Waals surface area contributed by atoms with Crippen molar-refractivity contribution in [2.24, 2.45) is 5.10 Å². The largest absolute Gasteiger partial charge is 0.372 e. The van der Waals surface area contributed by atoms with E-state index in [4.69, 9.17) is 0 Å². The fraction of sp³-hybridized carbons (Fsp3) is 0.300. The van der Waals surface area contributed by atoms with Crippen molar-refractivity contribution >= 4 is 29.6 Å². The highest BCUT2D eigenvalue weighted by Gasteiger charge is 2.13. The Hall–Kier alpha value is -2.27. The Balaban J connectivity index is 1.86. The Bertz CT molecular complexity index is 682. The number of nitrogens with one attached hydrogen (secondary N) is 1. The summed E-state index contributed by atoms with van der Waals surface area (Å²) in [7, 11) is 0. The highest BCUT2D eigenvalue weighted by atomic mass is 32.2. The summed E-state index contributed by atoms with van der Waals surface area (Å²) in [6, 6.07) is 18.0. The van der Waals surface area contributed by atoms with Crippen molar-refractivity contribution in [1.82, 2.24) is 5.43 Å². The predicted octanol–water partition coefficient (Wildman–Crippen LogP) is 4.16. The van der Waals surface area contributed by atoms with Gasteiger partial charge in [0.2, 0.25) is 0 Å². The number of benzene rings is 2. The van der Waals surface area contributed by atoms with Gasteiger partial charge in [0.1, 0.15) is 0 Å². The van der Waals surface area contributed by atoms with Crippen LogP contribution < -0.4 is 10.3 Å². The maximum atomic E-state index is 12.1. The topological polar surface area (TPSA) is 44.7 Å². The molecule has 2 rings (SSSR count). The molecule has 0 fully saturated rings. The Morgan fingerprint density at radius 2 is 1.76 bits per heavy atom. The molecule has 0 aliphatic heterocycles. The van der Waals surface area contributed by atoms with Crippen molar-refractivity contribution in [3.8, 4) is 0 Å². The van der Waals surface area contributed by atoms with Crippen molar-refractivity contribution in [2.45, 2.75) is 30.9 Å². The van der Waals surface area contributed by atoms with Gasteiger partial charge < -0.3 is 4.90 Å². The molecule has 0 bridgehead atoms. The summed E-state index contributed by atoms with van der Waals surface area (Å²) in [6.07, 6.45) is 1.67. The predicted molar refractivity (Wildman–Crippen MR) is 108 cm³/mol. The highest BCUT2D eigenvalue weighted by molar-refractivity contribution is 8.00. The van der Waals surface area contributed by atoms with E-state index in [1.54, 1.807) is 6.21 Å². The van der Waals surface area contributed by atoms with Crippen LogP contribution in [0.4, 0.5) is 5.69 Å². The number of amides is 1. The number of rotatable bonds is 8. The van der Waals surface area contributed by atoms with E-state index in [2.05, 4.69) is 41.4 Å². The molecule has 4 nitrogen and oxygen atoms in total. The first-order valence-corrected chi connectivity index (χ1v) is 9.41. The van der Waals surface area contributed by atoms with Gasteiger partial charge >= 0.3 is 0 Å². The van der Waals surface area contributed by atoms with Crippen LogP contribution in [0.1, 0.15) is 26.3 Å². The van der Waals surface area contributed by atoms with Crippen LogP contribution in [0.2, 0.25) is 0 Å². The molecule has 0 aliphatic rings. The first-order valence-electron chi connectivity index (χ1n) is 8.53. The minimum Gasteiger partial charge on any atom is -0.372 e. The normalized spacial score (nSPS) is 12.1. The lowest BCUT2D eigenvalue weighted by Gasteiger charge is -2.20. The zero-order chi connectivity index (χ0) is 18.1. The summed E-state index contributed by atoms with van der Waals surface area (Å²) in [5.41, 5.74) is 4.76. The van der Waals surface area contributed by atoms with Crippen molar-refractivity contribution in [3.05, 3.63) is 60.2 Å². The molecular weight excluding hydrogens is 330 g/mol. The van der Waals surface area contributed by atoms with Crippen LogP contribution in [0, 0.1) is 0 Å². The van der Waals surface area contributed by atoms with E-state index < -0.39 is 0 Å². The lowest BCUT2D eigenvalue weighted by molar-refractivity contribution is -0.120. The van der Waals surface area contributed by atoms with E-state index in [-0.39, 0.29) is 11.2 Å². The van der Waals surface area contributed by atoms with E-state index in [0.29, 0.717) is 0 Å². The summed E-state index contributed by atoms with van der Waals surface area (Å²) in [5.74, 6) is -0.107. The maximum absolute atomic E-state index is 12.1. The molecule has 0 saturated carbocycles. The third-order valence-electron chi connectivity index (χ3n) is 3.84. The van der Waals surface area contributed by atoms with Gasteiger partial charge in [-0.3, -0.25) is 4.79 Å². The van der Waals surface area contributed by atoms with Gasteiger partial charge in [0, 0.05) is 23.7 Å². The van der Waals surface area contributed by atoms with Crippen molar-refractivity contribution in [3.63, 3.8) is 0 Å². The second-order valence-corrected chi connectivity index (χ2v) is 6.99. The summed E-state index contributed by atoms with van der Waals surface area (Å²) in [6.45, 7) is 8.13. The summed E-state index contributed by atoms with van der Waals surface area (Å²) < 4.78 is 0. The van der Waals surface area contributed by atoms with Gasteiger partial charge in [-0.1, -0.05) is 30.3 Å². The summed E-state index contributed by atoms with van der Waals surface area (Å²) in [4.78, 5) is 15.5. The number of carbonyl (C=O) groups excluding carboxylic acids is 1. The lowest BCUT2D eigenvalue weighted by Crippen LogP contribution is -2.26. The fourth-order valence-corrected chi connectivity index (χ4v) is 3.26. The van der Waals surface area contributed by atoms with Crippen molar-refractivity contribution < 1.29 is 4.79 Å². The van der Waals surface area contributed by atoms with Gasteiger partial charge in [-0.25, -0.2) is 5.43 Å². The molecule has 5 heteroatoms. The highest BCUT2D eigenvalue weighted by Crippen LogP contribution is 2.22. The molecule has 1 amide bonds. The number of thioether (sulfide) groups is 1. The smallest absolute Gasteiger partial charge is 0.253 e. The minimum absolute atomic E-state index is 0.107. The Morgan fingerprint density at radius 1 is 1.12 bits per heavy atom. The second-order valence-electron chi connectivity index (χ2n) is 5.57. The van der Waals surface area contributed by atoms with E-state index in [1.165, 1.54) is 17.4 Å². The molecule has 2 aromatic rings. The van der Waals surface area contributed by atoms with Crippen LogP contribution in [0.3, 0.4) is 0 Å². The molecule has 0 aliphatic carbocycles. The second kappa shape index (κ2) is 9.89. The first kappa shape index (κ1) is 19.1. The van der Waals surface area contributed by atoms with Crippen LogP contribution in [0.25, 0.3) is 0 Å². The number of hydrogen-bond donors (Lipinski definition) is 1. The van der Waals surface area contributed by atoms with Gasteiger partial charge in [-0.15, -0.1) is 11.8 Å². The van der Waals surface area contributed by atoms with Crippen LogP contribution in [0.5, 0.6) is 0 Å². The minimum atomic E-state index is -0.204. The molecular formula is C20H25N3OS. The number of hydrazone groups is 1. The fourth-order valence-electron chi connectivity index (χ4n) is 2.38. The SMILES string of the molecule is CCN(CC)c1ccc(/C=N\NC(=O)[C@@H](C)Sc2ccccc2)cc1. The van der Waals surface area contributed by atoms with E-state index in [1.807, 2.05) is 49.4 Å². The molecule has 0 saturated heterocycles. The third-order valence-corrected chi connectivity index (χ3v) is 4.95. The molecule has 1 atom stereocenters. The maximum Gasteiger partial charge on any atom is 0.253 e. The number of anilines is 1. The monoisotopic (exact) mass is 355 g/mol. The van der Waals surface area contributed by atoms with E-state index in [0.717, 1.165) is 23.5 Å². The van der Waals surface area contributed by atoms with Crippen LogP contribution in [-0.4, -0.2) is 30.5 Å². The van der Waals surface area contributed by atoms with Crippen molar-refractivity contribution in [2.75, 3.05) is 18.0 Å². The third kappa shape index (κ3) is 5.94. The molecule has 0 radical (unpaired) electrons. The van der Waals surface area contributed by atoms with Crippen LogP contribution in [0.15, 0.2) is 64.6 Å². The molecule has 0 spiro atoms. The quantitative estimate of drug-likeness (QED) is 0.439. The molecule has 132 valence electrons. The van der Waals surface area contributed by atoms with Gasteiger partial charge in [-0.2, -0.15) is 5.10 Å². The molecule has 0 unspecified atom stereocenters. The average Bonchev–Trinajstić information content (AvgIpc) is 2.64. The standard InChI is InChI=1S/C20H25N3OS/c1-4-23(5-2)18-13-11-17(12-14-18)15-21-22-20(24)16(3)25-19-9-7-6-8-10-19/h6-16H,4-5H2,1-3H3,(H,22,24)/b21-15-/t16-/m1/s1. The number of nitrogens with zero attached hydrogens (tertiary/aromatic N) is 2. The Labute approximate surface area is 154 Å².